The number of thiazole rings is 5. The number of hydrogen-bond donors (Lipinski definition) is 11. The van der Waals surface area contributed by atoms with Gasteiger partial charge in [-0.05, 0) is 0 Å². The van der Waals surface area contributed by atoms with E-state index in [-0.39, 0.29) is 78.3 Å². The Morgan fingerprint density at radius 3 is 1.31 bits per heavy atom. The van der Waals surface area contributed by atoms with Crippen molar-refractivity contribution in [1.29, 1.82) is 0 Å². The molecular weight excluding hydrogens is 1500 g/mol. The number of amides is 2. The van der Waals surface area contributed by atoms with E-state index >= 15 is 0 Å². The molecule has 12 atom stereocenters. The number of ether oxygens (including phenoxy) is 8. The van der Waals surface area contributed by atoms with Gasteiger partial charge in [-0.15, -0.1) is 0 Å². The number of rotatable bonds is 12. The number of aromatic amines is 2. The van der Waals surface area contributed by atoms with Gasteiger partial charge in [-0.1, -0.05) is 80.0 Å². The van der Waals surface area contributed by atoms with E-state index in [1.807, 2.05) is 0 Å². The molecule has 4 aliphatic heterocycles. The van der Waals surface area contributed by atoms with Crippen molar-refractivity contribution in [3.05, 3.63) is 83.2 Å². The fourth-order valence-corrected chi connectivity index (χ4v) is 13.9. The van der Waals surface area contributed by atoms with Crippen molar-refractivity contribution in [1.82, 2.24) is 68.9 Å². The molecule has 2 amide bonds. The van der Waals surface area contributed by atoms with Crippen LogP contribution in [-0.2, 0) is 66.7 Å². The zero-order valence-electron chi connectivity index (χ0n) is 52.6. The van der Waals surface area contributed by atoms with E-state index < -0.39 is 131 Å². The number of nitrogens with one attached hydrogen (secondary N) is 3. The fraction of sp³-hybridized carbons (Fsp3) is 0.404. The van der Waals surface area contributed by atoms with Gasteiger partial charge in [0, 0.05) is 34.6 Å². The maximum absolute atomic E-state index is 12.6. The molecular formula is C52H55ClN18O25S6. The Balaban J connectivity index is 0.000000165. The lowest BCUT2D eigenvalue weighted by Crippen LogP contribution is -2.41. The number of aliphatic hydroxyl groups is 4. The minimum absolute atomic E-state index is 0.0178. The van der Waals surface area contributed by atoms with Gasteiger partial charge in [0.15, 0.2) is 72.0 Å². The molecule has 4 aliphatic rings. The summed E-state index contributed by atoms with van der Waals surface area (Å²) in [6.07, 6.45) is -7.36. The van der Waals surface area contributed by atoms with Gasteiger partial charge in [0.25, 0.3) is 5.24 Å². The third-order valence-corrected chi connectivity index (χ3v) is 18.8. The van der Waals surface area contributed by atoms with Crippen molar-refractivity contribution in [2.24, 2.45) is 0 Å². The number of carbonyl (C=O) groups excluding carboxylic acids is 8. The maximum atomic E-state index is 12.6. The number of H-pyrrole nitrogens is 2. The molecule has 50 heteroatoms. The number of nitrogens with zero attached hydrogens (tertiary/aromatic N) is 11. The van der Waals surface area contributed by atoms with E-state index in [0.29, 0.717) is 31.8 Å². The first-order chi connectivity index (χ1) is 48.3. The monoisotopic (exact) mass is 1560 g/mol. The van der Waals surface area contributed by atoms with Crippen molar-refractivity contribution < 1.29 is 96.7 Å². The zero-order chi connectivity index (χ0) is 74.7. The molecule has 0 spiro atoms. The van der Waals surface area contributed by atoms with Crippen molar-refractivity contribution in [2.75, 3.05) is 48.5 Å². The SMILES string of the molecule is CC(=O)OC[C@H]1O[C@@H](n2c(=O)sc3cnc(N)nc32)[C@H](OC(C)=O)[C@@H]1OC(C)=O.CC(=O)O[C@@H]1[C@H](OC(C)=O)[C@@H](CO)O[C@H]1n1c(=O)sc2cnc(N)nc21.Nc1ncc2sc(=O)[nH]c2n1.Nc1ncc2sc(=O)n([C@@H]3O[C@H](CO)[C@@H](O)[C@H]3O)c2n1.O=C1CSC(=O)N1.O=Cc1sc(=O)[nH]c1Cl. The molecule has 4 fully saturated rings. The number of imide groups is 1. The van der Waals surface area contributed by atoms with Crippen LogP contribution < -0.4 is 52.6 Å². The van der Waals surface area contributed by atoms with Gasteiger partial charge in [-0.3, -0.25) is 86.3 Å². The third-order valence-electron chi connectivity index (χ3n) is 13.3. The highest BCUT2D eigenvalue weighted by atomic mass is 35.5. The number of anilines is 4. The lowest BCUT2D eigenvalue weighted by molar-refractivity contribution is -0.166. The lowest BCUT2D eigenvalue weighted by atomic mass is 10.1. The number of hydrogen-bond acceptors (Lipinski definition) is 43. The number of aliphatic hydroxyl groups excluding tert-OH is 4. The number of thioether (sulfide) groups is 1. The first kappa shape index (κ1) is 78.0. The predicted molar refractivity (Wildman–Crippen MR) is 359 cm³/mol. The van der Waals surface area contributed by atoms with Crippen LogP contribution >= 0.6 is 80.0 Å². The van der Waals surface area contributed by atoms with Gasteiger partial charge in [-0.25, -0.2) is 19.9 Å². The summed E-state index contributed by atoms with van der Waals surface area (Å²) >= 11 is 10.8. The molecule has 13 heterocycles. The summed E-state index contributed by atoms with van der Waals surface area (Å²) in [6.45, 7) is 4.61. The highest BCUT2D eigenvalue weighted by Gasteiger charge is 2.53. The summed E-state index contributed by atoms with van der Waals surface area (Å²) in [4.78, 5) is 180. The van der Waals surface area contributed by atoms with Crippen LogP contribution in [0.2, 0.25) is 5.15 Å². The Labute approximate surface area is 594 Å². The first-order valence-electron chi connectivity index (χ1n) is 28.5. The summed E-state index contributed by atoms with van der Waals surface area (Å²) in [6, 6.07) is 0. The summed E-state index contributed by atoms with van der Waals surface area (Å²) in [5, 5.41) is 40.3. The summed E-state index contributed by atoms with van der Waals surface area (Å²) in [5.74, 6) is -3.11. The second kappa shape index (κ2) is 34.3. The van der Waals surface area contributed by atoms with E-state index in [2.05, 4.69) is 55.2 Å². The quantitative estimate of drug-likeness (QED) is 0.0352. The highest BCUT2D eigenvalue weighted by Crippen LogP contribution is 2.38. The van der Waals surface area contributed by atoms with E-state index in [1.54, 1.807) is 0 Å². The second-order valence-electron chi connectivity index (χ2n) is 20.5. The van der Waals surface area contributed by atoms with Crippen LogP contribution in [0, 0.1) is 0 Å². The molecule has 13 rings (SSSR count). The number of carbonyl (C=O) groups is 8. The molecule has 102 heavy (non-hydrogen) atoms. The average molecular weight is 1560 g/mol. The maximum Gasteiger partial charge on any atom is 0.311 e. The summed E-state index contributed by atoms with van der Waals surface area (Å²) < 4.78 is 48.3. The van der Waals surface area contributed by atoms with Crippen molar-refractivity contribution in [2.45, 2.75) is 108 Å². The van der Waals surface area contributed by atoms with Crippen LogP contribution in [0.4, 0.5) is 28.6 Å². The number of nitrogens with two attached hydrogens (primary N) is 4. The molecule has 0 unspecified atom stereocenters. The average Bonchev–Trinajstić information content (AvgIpc) is 1.62. The van der Waals surface area contributed by atoms with Gasteiger partial charge >= 0.3 is 54.2 Å². The van der Waals surface area contributed by atoms with Crippen LogP contribution in [0.3, 0.4) is 0 Å². The van der Waals surface area contributed by atoms with Gasteiger partial charge in [-0.2, -0.15) is 19.9 Å². The molecule has 0 aromatic carbocycles. The van der Waals surface area contributed by atoms with Crippen LogP contribution in [0.5, 0.6) is 0 Å². The van der Waals surface area contributed by atoms with Gasteiger partial charge in [0.2, 0.25) is 29.7 Å². The zero-order valence-corrected chi connectivity index (χ0v) is 58.2. The molecule has 0 saturated carbocycles. The molecule has 4 saturated heterocycles. The van der Waals surface area contributed by atoms with E-state index in [1.165, 1.54) is 52.5 Å². The van der Waals surface area contributed by atoms with Crippen molar-refractivity contribution in [3.8, 4) is 0 Å². The topological polar surface area (TPSA) is 642 Å². The molecule has 546 valence electrons. The number of nitrogen functional groups attached to an aromatic ring is 4. The Bertz CT molecular complexity index is 4920. The number of fused-ring (bicyclic) bond motifs is 4. The molecule has 0 bridgehead atoms. The number of aromatic nitrogens is 13. The Hall–Kier alpha value is -9.77. The van der Waals surface area contributed by atoms with Crippen LogP contribution in [0.15, 0.2) is 48.8 Å². The molecule has 15 N–H and O–H groups in total. The number of aldehydes is 1. The van der Waals surface area contributed by atoms with Gasteiger partial charge < -0.3 is 86.2 Å². The van der Waals surface area contributed by atoms with Crippen LogP contribution in [0.1, 0.15) is 63.0 Å². The Morgan fingerprint density at radius 2 is 0.951 bits per heavy atom. The standard InChI is InChI=1S/C16H18N4O8S.C14H16N4O7S.C10H12N4O5S.C5H4N4OS.C4H2ClNO2S.C3H3NO2S/c1-6(21)25-5-9-11(26-7(2)22)12(27-8(3)23)14(28-9)20-13-10(29-16(20)24)4-18-15(17)19-13;1-5(20)23-9-7(4-19)25-12(10(9)24-6(2)21)18-11-8(26-14(18)22)3-16-13(15)17-11;11-9-12-1-4-7(13-9)14(10(18)20-4)8-6(17)5(16)3(2-15)19-8;6-4-7-1-2-3(8-4)9-5(10)11-2;5-3-2(1-7)9-4(8)6-3;5-2-1-7-3(6)4-2/h4,9,11-12,14H,5H2,1-3H3,(H2,17,18,19);3,7,9-10,12,19H,4H2,1-2H3,(H2,15,16,17);1,3,5-6,8,15-17H,2H2,(H2,11,12,13);1H,(H3,6,7,8,9,10);1H,(H,6,8);1H2,(H,4,5,6)/t9-,11-,12-,14-;7-,9-,10-,12-;3-,5-,6-,8-;;;/m111.../s1. The predicted octanol–water partition coefficient (Wildman–Crippen LogP) is -2.17. The number of halogens is 1. The lowest BCUT2D eigenvalue weighted by Gasteiger charge is -2.23. The third kappa shape index (κ3) is 19.0. The first-order valence-corrected chi connectivity index (χ1v) is 33.9. The van der Waals surface area contributed by atoms with Crippen LogP contribution in [-0.4, -0.2) is 212 Å². The molecule has 9 aromatic rings. The Morgan fingerprint density at radius 1 is 0.549 bits per heavy atom. The van der Waals surface area contributed by atoms with Gasteiger partial charge in [0.1, 0.15) is 47.2 Å². The normalized spacial score (nSPS) is 22.5. The van der Waals surface area contributed by atoms with E-state index in [0.717, 1.165) is 93.8 Å². The minimum Gasteiger partial charge on any atom is -0.463 e. The highest BCUT2D eigenvalue weighted by molar-refractivity contribution is 8.14. The van der Waals surface area contributed by atoms with Gasteiger partial charge in [0.05, 0.1) is 62.6 Å². The smallest absolute Gasteiger partial charge is 0.311 e. The largest absolute Gasteiger partial charge is 0.463 e. The molecule has 0 radical (unpaired) electrons. The van der Waals surface area contributed by atoms with E-state index in [9.17, 15) is 77.6 Å². The summed E-state index contributed by atoms with van der Waals surface area (Å²) in [7, 11) is 0. The molecule has 0 aliphatic carbocycles. The second-order valence-corrected chi connectivity index (χ2v) is 26.8. The Kier molecular flexibility index (Phi) is 26.2. The fourth-order valence-electron chi connectivity index (χ4n) is 9.41. The van der Waals surface area contributed by atoms with E-state index in [4.69, 9.17) is 77.5 Å². The van der Waals surface area contributed by atoms with Crippen LogP contribution in [0.25, 0.3) is 41.4 Å². The van der Waals surface area contributed by atoms with Crippen molar-refractivity contribution >= 4 is 193 Å². The summed E-state index contributed by atoms with van der Waals surface area (Å²) in [5.41, 5.74) is 23.1. The molecule has 43 nitrogen and oxygen atoms in total. The minimum atomic E-state index is -1.35. The van der Waals surface area contributed by atoms with Crippen molar-refractivity contribution in [3.63, 3.8) is 0 Å². The number of esters is 5. The molecule has 9 aromatic heterocycles.